The van der Waals surface area contributed by atoms with Crippen molar-refractivity contribution in [2.24, 2.45) is 2.50 Å². The average Bonchev–Trinajstić information content (AvgIpc) is 2.79. The summed E-state index contributed by atoms with van der Waals surface area (Å²) in [6.45, 7) is 1.94. The first kappa shape index (κ1) is 20.7. The minimum atomic E-state index is -4.11. The van der Waals surface area contributed by atoms with Crippen molar-refractivity contribution in [1.82, 2.24) is 0 Å². The Morgan fingerprint density at radius 2 is 0.933 bits per heavy atom. The summed E-state index contributed by atoms with van der Waals surface area (Å²) in [4.78, 5) is 0.231. The fourth-order valence-corrected chi connectivity index (χ4v) is 18.3. The zero-order valence-corrected chi connectivity index (χ0v) is 20.0. The van der Waals surface area contributed by atoms with Crippen LogP contribution in [0.3, 0.4) is 0 Å². The number of rotatable bonds is 5. The fourth-order valence-electron chi connectivity index (χ4n) is 3.44. The Labute approximate surface area is 182 Å². The molecule has 0 aliphatic rings. The third-order valence-electron chi connectivity index (χ3n) is 4.94. The van der Waals surface area contributed by atoms with Crippen LogP contribution in [0.25, 0.3) is 0 Å². The molecule has 5 heteroatoms. The molecule has 0 unspecified atom stereocenters. The average molecular weight is 522 g/mol. The van der Waals surface area contributed by atoms with Crippen LogP contribution in [0.2, 0.25) is 0 Å². The SMILES string of the molecule is Cc1ccc(S(=O)(=O)[N]=[Sb]([c]2ccccc2)([c]2ccccc2)[c]2ccccc2)cc1. The van der Waals surface area contributed by atoms with Crippen molar-refractivity contribution in [3.8, 4) is 0 Å². The van der Waals surface area contributed by atoms with Crippen molar-refractivity contribution in [1.29, 1.82) is 0 Å². The topological polar surface area (TPSA) is 46.5 Å². The van der Waals surface area contributed by atoms with E-state index in [4.69, 9.17) is 2.50 Å². The van der Waals surface area contributed by atoms with E-state index >= 15 is 0 Å². The van der Waals surface area contributed by atoms with E-state index in [0.717, 1.165) is 16.1 Å². The van der Waals surface area contributed by atoms with E-state index in [2.05, 4.69) is 0 Å². The molecule has 0 bridgehead atoms. The van der Waals surface area contributed by atoms with Crippen LogP contribution in [0.4, 0.5) is 0 Å². The minimum absolute atomic E-state index is 0.231. The van der Waals surface area contributed by atoms with E-state index in [1.165, 1.54) is 0 Å². The van der Waals surface area contributed by atoms with E-state index in [1.54, 1.807) is 12.1 Å². The summed E-state index contributed by atoms with van der Waals surface area (Å²) in [7, 11) is -3.87. The number of hydrogen-bond donors (Lipinski definition) is 0. The van der Waals surface area contributed by atoms with Crippen LogP contribution in [-0.4, -0.2) is 27.1 Å². The Hall–Kier alpha value is -2.55. The van der Waals surface area contributed by atoms with E-state index < -0.39 is 28.7 Å². The van der Waals surface area contributed by atoms with Crippen LogP contribution in [0, 0.1) is 6.92 Å². The van der Waals surface area contributed by atoms with Crippen molar-refractivity contribution in [2.75, 3.05) is 0 Å². The van der Waals surface area contributed by atoms with E-state index in [9.17, 15) is 8.42 Å². The molecule has 30 heavy (non-hydrogen) atoms. The number of benzene rings is 4. The van der Waals surface area contributed by atoms with Gasteiger partial charge in [-0.25, -0.2) is 0 Å². The van der Waals surface area contributed by atoms with Gasteiger partial charge in [0.05, 0.1) is 0 Å². The number of sulfonamides is 1. The first-order valence-corrected chi connectivity index (χ1v) is 16.1. The Balaban J connectivity index is 2.13. The number of hydrogen-bond acceptors (Lipinski definition) is 2. The molecule has 150 valence electrons. The zero-order chi connectivity index (χ0) is 21.0. The van der Waals surface area contributed by atoms with Crippen LogP contribution < -0.4 is 10.5 Å². The second kappa shape index (κ2) is 8.67. The number of nitrogens with zero attached hydrogens (tertiary/aromatic N) is 1. The van der Waals surface area contributed by atoms with Gasteiger partial charge in [-0.1, -0.05) is 0 Å². The maximum atomic E-state index is 13.6. The molecule has 0 fully saturated rings. The summed E-state index contributed by atoms with van der Waals surface area (Å²) in [6.07, 6.45) is 0. The third kappa shape index (κ3) is 4.03. The Morgan fingerprint density at radius 1 is 0.567 bits per heavy atom. The molecule has 4 aromatic rings. The van der Waals surface area contributed by atoms with E-state index in [-0.39, 0.29) is 4.90 Å². The van der Waals surface area contributed by atoms with Gasteiger partial charge in [-0.05, 0) is 0 Å². The molecule has 0 amide bonds. The van der Waals surface area contributed by atoms with Gasteiger partial charge in [-0.15, -0.1) is 0 Å². The van der Waals surface area contributed by atoms with E-state index in [0.29, 0.717) is 0 Å². The van der Waals surface area contributed by atoms with Crippen molar-refractivity contribution in [3.63, 3.8) is 0 Å². The monoisotopic (exact) mass is 521 g/mol. The second-order valence-electron chi connectivity index (χ2n) is 7.01. The van der Waals surface area contributed by atoms with Gasteiger partial charge in [0.15, 0.2) is 0 Å². The standard InChI is InChI=1S/C7H7NO2S.3C6H5.Sb/c1-6-2-4-7(5-3-6)11(8,9)10;3*1-2-4-6-5-3-1;/h2-5H,1H3;3*1-5H;. The molecule has 4 aromatic carbocycles. The second-order valence-corrected chi connectivity index (χ2v) is 18.0. The summed E-state index contributed by atoms with van der Waals surface area (Å²) in [6, 6.07) is 36.6. The van der Waals surface area contributed by atoms with Crippen molar-refractivity contribution >= 4 is 39.2 Å². The summed E-state index contributed by atoms with van der Waals surface area (Å²) in [5, 5.41) is 0. The molecule has 0 heterocycles. The molecule has 4 rings (SSSR count). The fraction of sp³-hybridized carbons (Fsp3) is 0.0400. The molecule has 0 atom stereocenters. The van der Waals surface area contributed by atoms with Crippen LogP contribution >= 0.6 is 0 Å². The maximum absolute atomic E-state index is 13.6. The van der Waals surface area contributed by atoms with E-state index in [1.807, 2.05) is 110 Å². The Morgan fingerprint density at radius 3 is 1.30 bits per heavy atom. The molecule has 0 spiro atoms. The van der Waals surface area contributed by atoms with Crippen LogP contribution in [0.15, 0.2) is 123 Å². The molecule has 0 N–H and O–H groups in total. The van der Waals surface area contributed by atoms with Gasteiger partial charge in [-0.2, -0.15) is 0 Å². The normalized spacial score (nSPS) is 11.8. The predicted molar refractivity (Wildman–Crippen MR) is 125 cm³/mol. The third-order valence-corrected chi connectivity index (χ3v) is 19.2. The summed E-state index contributed by atoms with van der Waals surface area (Å²) < 4.78 is 34.9. The summed E-state index contributed by atoms with van der Waals surface area (Å²) >= 11 is -4.11. The summed E-state index contributed by atoms with van der Waals surface area (Å²) in [5.74, 6) is 0. The number of aryl methyl sites for hydroxylation is 1. The Bertz CT molecular complexity index is 1180. The molecule has 0 saturated carbocycles. The van der Waals surface area contributed by atoms with Gasteiger partial charge in [0.1, 0.15) is 0 Å². The van der Waals surface area contributed by atoms with Gasteiger partial charge >= 0.3 is 183 Å². The molecule has 0 radical (unpaired) electrons. The van der Waals surface area contributed by atoms with Crippen LogP contribution in [0.5, 0.6) is 0 Å². The van der Waals surface area contributed by atoms with Crippen molar-refractivity contribution < 1.29 is 8.42 Å². The molecule has 0 aromatic heterocycles. The molecular weight excluding hydrogens is 500 g/mol. The quantitative estimate of drug-likeness (QED) is 0.376. The molecule has 0 saturated heterocycles. The zero-order valence-electron chi connectivity index (χ0n) is 16.6. The molecular formula is C25H22NO2SSb. The first-order valence-electron chi connectivity index (χ1n) is 9.64. The van der Waals surface area contributed by atoms with Crippen LogP contribution in [0.1, 0.15) is 5.56 Å². The van der Waals surface area contributed by atoms with Gasteiger partial charge in [0, 0.05) is 0 Å². The van der Waals surface area contributed by atoms with Crippen molar-refractivity contribution in [2.45, 2.75) is 11.8 Å². The van der Waals surface area contributed by atoms with Crippen molar-refractivity contribution in [3.05, 3.63) is 121 Å². The molecule has 0 aliphatic carbocycles. The van der Waals surface area contributed by atoms with Gasteiger partial charge in [0.25, 0.3) is 0 Å². The summed E-state index contributed by atoms with van der Waals surface area (Å²) in [5.41, 5.74) is 1.01. The van der Waals surface area contributed by atoms with Gasteiger partial charge < -0.3 is 0 Å². The molecule has 0 aliphatic heterocycles. The van der Waals surface area contributed by atoms with Gasteiger partial charge in [-0.3, -0.25) is 0 Å². The molecule has 3 nitrogen and oxygen atoms in total. The predicted octanol–water partition coefficient (Wildman–Crippen LogP) is 3.62. The first-order chi connectivity index (χ1) is 14.5. The Kier molecular flexibility index (Phi) is 5.98. The van der Waals surface area contributed by atoms with Gasteiger partial charge in [0.2, 0.25) is 0 Å². The van der Waals surface area contributed by atoms with Crippen LogP contribution in [-0.2, 0) is 10.0 Å².